The van der Waals surface area contributed by atoms with Crippen LogP contribution in [0.1, 0.15) is 22.5 Å². The van der Waals surface area contributed by atoms with E-state index in [9.17, 15) is 13.6 Å². The lowest BCUT2D eigenvalue weighted by atomic mass is 10.2. The van der Waals surface area contributed by atoms with Crippen LogP contribution in [-0.2, 0) is 0 Å². The Bertz CT molecular complexity index is 386. The van der Waals surface area contributed by atoms with Crippen molar-refractivity contribution in [2.24, 2.45) is 0 Å². The highest BCUT2D eigenvalue weighted by Gasteiger charge is 2.19. The van der Waals surface area contributed by atoms with Crippen LogP contribution in [0.2, 0.25) is 0 Å². The third-order valence-electron chi connectivity index (χ3n) is 1.42. The van der Waals surface area contributed by atoms with Gasteiger partial charge in [0.15, 0.2) is 5.75 Å². The molecule has 0 aliphatic carbocycles. The van der Waals surface area contributed by atoms with Gasteiger partial charge in [-0.2, -0.15) is 0 Å². The quantitative estimate of drug-likeness (QED) is 0.514. The number of rotatable bonds is 2. The maximum atomic E-state index is 12.3. The molecule has 76 valence electrons. The van der Waals surface area contributed by atoms with Gasteiger partial charge >= 0.3 is 0 Å². The zero-order valence-electron chi connectivity index (χ0n) is 6.47. The Kier molecular flexibility index (Phi) is 3.59. The fraction of sp³-hybridized carbons (Fsp3) is 0.143. The Morgan fingerprint density at radius 1 is 1.64 bits per heavy atom. The molecule has 0 saturated heterocycles. The fourth-order valence-corrected chi connectivity index (χ4v) is 1.46. The summed E-state index contributed by atoms with van der Waals surface area (Å²) < 4.78 is 24.5. The van der Waals surface area contributed by atoms with Crippen molar-refractivity contribution in [1.82, 2.24) is 4.98 Å². The number of hydrogen-bond donors (Lipinski definition) is 1. The van der Waals surface area contributed by atoms with E-state index in [0.717, 1.165) is 6.07 Å². The summed E-state index contributed by atoms with van der Waals surface area (Å²) in [5.74, 6) is -0.623. The monoisotopic (exact) mass is 333 g/mol. The van der Waals surface area contributed by atoms with Crippen LogP contribution in [0.4, 0.5) is 8.78 Å². The predicted octanol–water partition coefficient (Wildman–Crippen LogP) is 2.71. The van der Waals surface area contributed by atoms with E-state index >= 15 is 0 Å². The molecule has 0 aliphatic heterocycles. The van der Waals surface area contributed by atoms with Crippen molar-refractivity contribution in [2.75, 3.05) is 0 Å². The minimum absolute atomic E-state index is 0.0793. The number of carbonyl (C=O) groups excluding carboxylic acids is 1. The zero-order valence-corrected chi connectivity index (χ0v) is 9.38. The molecule has 1 rings (SSSR count). The third-order valence-corrected chi connectivity index (χ3v) is 2.36. The number of nitrogens with zero attached hydrogens (tertiary/aromatic N) is 1. The Hall–Kier alpha value is -0.500. The normalized spacial score (nSPS) is 10.6. The van der Waals surface area contributed by atoms with E-state index < -0.39 is 23.0 Å². The van der Waals surface area contributed by atoms with E-state index in [4.69, 9.17) is 16.7 Å². The highest BCUT2D eigenvalue weighted by Crippen LogP contribution is 2.31. The average molecular weight is 333 g/mol. The average Bonchev–Trinajstić information content (AvgIpc) is 2.08. The van der Waals surface area contributed by atoms with Gasteiger partial charge in [0.05, 0.1) is 5.56 Å². The van der Waals surface area contributed by atoms with Gasteiger partial charge < -0.3 is 5.11 Å². The largest absolute Gasteiger partial charge is 0.505 e. The first-order valence-electron chi connectivity index (χ1n) is 3.31. The molecular formula is C7H3ClF2INO2. The topological polar surface area (TPSA) is 50.2 Å². The van der Waals surface area contributed by atoms with Crippen LogP contribution in [0.15, 0.2) is 6.07 Å². The second-order valence-electron chi connectivity index (χ2n) is 2.31. The molecule has 0 radical (unpaired) electrons. The highest BCUT2D eigenvalue weighted by molar-refractivity contribution is 14.1. The number of pyridine rings is 1. The molecule has 0 amide bonds. The lowest BCUT2D eigenvalue weighted by Crippen LogP contribution is -2.00. The van der Waals surface area contributed by atoms with E-state index in [2.05, 4.69) is 4.98 Å². The smallest absolute Gasteiger partial charge is 0.270 e. The second-order valence-corrected chi connectivity index (χ2v) is 3.68. The van der Waals surface area contributed by atoms with Gasteiger partial charge in [0.1, 0.15) is 9.39 Å². The van der Waals surface area contributed by atoms with Crippen molar-refractivity contribution in [3.63, 3.8) is 0 Å². The van der Waals surface area contributed by atoms with Gasteiger partial charge in [0, 0.05) is 0 Å². The standard InChI is InChI=1S/C7H3ClF2INO2/c8-5(14)3-1-2(6(9)10)4(13)7(11)12-3/h1,6,13H. The van der Waals surface area contributed by atoms with Gasteiger partial charge in [-0.3, -0.25) is 4.79 Å². The summed E-state index contributed by atoms with van der Waals surface area (Å²) in [6, 6.07) is 0.775. The number of alkyl halides is 2. The second kappa shape index (κ2) is 4.35. The molecule has 1 heterocycles. The lowest BCUT2D eigenvalue weighted by molar-refractivity contribution is 0.107. The molecule has 0 bridgehead atoms. The van der Waals surface area contributed by atoms with Crippen LogP contribution < -0.4 is 0 Å². The molecule has 0 unspecified atom stereocenters. The third kappa shape index (κ3) is 2.30. The van der Waals surface area contributed by atoms with Crippen molar-refractivity contribution in [2.45, 2.75) is 6.43 Å². The fourth-order valence-electron chi connectivity index (χ4n) is 0.793. The lowest BCUT2D eigenvalue weighted by Gasteiger charge is -2.05. The first kappa shape index (κ1) is 11.6. The molecule has 1 aromatic rings. The van der Waals surface area contributed by atoms with Gasteiger partial charge in [-0.05, 0) is 40.3 Å². The van der Waals surface area contributed by atoms with Crippen molar-refractivity contribution in [3.05, 3.63) is 21.0 Å². The predicted molar refractivity (Wildman–Crippen MR) is 53.8 cm³/mol. The Morgan fingerprint density at radius 2 is 2.21 bits per heavy atom. The summed E-state index contributed by atoms with van der Waals surface area (Å²) in [6.07, 6.45) is -2.87. The molecule has 0 fully saturated rings. The van der Waals surface area contributed by atoms with Crippen LogP contribution in [0.3, 0.4) is 0 Å². The molecule has 1 aromatic heterocycles. The van der Waals surface area contributed by atoms with Crippen molar-refractivity contribution < 1.29 is 18.7 Å². The molecule has 1 N–H and O–H groups in total. The Labute approximate surface area is 96.2 Å². The van der Waals surface area contributed by atoms with Crippen molar-refractivity contribution in [3.8, 4) is 5.75 Å². The van der Waals surface area contributed by atoms with Crippen LogP contribution in [0.5, 0.6) is 5.75 Å². The summed E-state index contributed by atoms with van der Waals surface area (Å²) in [7, 11) is 0. The van der Waals surface area contributed by atoms with Crippen LogP contribution >= 0.6 is 34.2 Å². The van der Waals surface area contributed by atoms with E-state index in [1.807, 2.05) is 0 Å². The number of aromatic hydroxyl groups is 1. The number of hydrogen-bond acceptors (Lipinski definition) is 3. The highest BCUT2D eigenvalue weighted by atomic mass is 127. The van der Waals surface area contributed by atoms with Crippen LogP contribution in [0.25, 0.3) is 0 Å². The van der Waals surface area contributed by atoms with E-state index in [1.54, 1.807) is 0 Å². The Balaban J connectivity index is 3.35. The number of aromatic nitrogens is 1. The zero-order chi connectivity index (χ0) is 10.9. The SMILES string of the molecule is O=C(Cl)c1cc(C(F)F)c(O)c(I)n1. The summed E-state index contributed by atoms with van der Waals surface area (Å²) in [6.45, 7) is 0. The van der Waals surface area contributed by atoms with Gasteiger partial charge in [-0.25, -0.2) is 13.8 Å². The van der Waals surface area contributed by atoms with Crippen molar-refractivity contribution in [1.29, 1.82) is 0 Å². The minimum atomic E-state index is -2.87. The summed E-state index contributed by atoms with van der Waals surface area (Å²) in [5.41, 5.74) is -0.947. The molecule has 0 atom stereocenters. The van der Waals surface area contributed by atoms with E-state index in [0.29, 0.717) is 0 Å². The van der Waals surface area contributed by atoms with Gasteiger partial charge in [-0.15, -0.1) is 0 Å². The van der Waals surface area contributed by atoms with Gasteiger partial charge in [0.2, 0.25) is 0 Å². The summed E-state index contributed by atoms with van der Waals surface area (Å²) in [5, 5.41) is 8.23. The molecule has 3 nitrogen and oxygen atoms in total. The van der Waals surface area contributed by atoms with Crippen LogP contribution in [0, 0.1) is 3.70 Å². The van der Waals surface area contributed by atoms with E-state index in [-0.39, 0.29) is 9.39 Å². The molecule has 0 saturated carbocycles. The van der Waals surface area contributed by atoms with Gasteiger partial charge in [-0.1, -0.05) is 0 Å². The maximum Gasteiger partial charge on any atom is 0.270 e. The number of halogens is 4. The maximum absolute atomic E-state index is 12.3. The molecule has 0 spiro atoms. The summed E-state index contributed by atoms with van der Waals surface area (Å²) >= 11 is 6.61. The first-order valence-corrected chi connectivity index (χ1v) is 4.76. The Morgan fingerprint density at radius 3 is 2.64 bits per heavy atom. The molecule has 7 heteroatoms. The minimum Gasteiger partial charge on any atom is -0.505 e. The molecule has 14 heavy (non-hydrogen) atoms. The summed E-state index contributed by atoms with van der Waals surface area (Å²) in [4.78, 5) is 14.2. The molecule has 0 aliphatic rings. The van der Waals surface area contributed by atoms with Gasteiger partial charge in [0.25, 0.3) is 11.7 Å². The van der Waals surface area contributed by atoms with Crippen LogP contribution in [-0.4, -0.2) is 15.3 Å². The first-order chi connectivity index (χ1) is 6.43. The number of carbonyl (C=O) groups is 1. The molecular weight excluding hydrogens is 330 g/mol. The van der Waals surface area contributed by atoms with E-state index in [1.165, 1.54) is 22.6 Å². The molecule has 0 aromatic carbocycles. The van der Waals surface area contributed by atoms with Crippen molar-refractivity contribution >= 4 is 39.4 Å².